The average molecular weight is 691 g/mol. The molecule has 1 aliphatic carbocycles. The summed E-state index contributed by atoms with van der Waals surface area (Å²) < 4.78 is 11.9. The highest BCUT2D eigenvalue weighted by Crippen LogP contribution is 2.35. The first kappa shape index (κ1) is 38.2. The van der Waals surface area contributed by atoms with Crippen LogP contribution >= 0.6 is 0 Å². The molecule has 268 valence electrons. The summed E-state index contributed by atoms with van der Waals surface area (Å²) in [5.74, 6) is -2.55. The Morgan fingerprint density at radius 3 is 2.22 bits per heavy atom. The van der Waals surface area contributed by atoms with E-state index in [2.05, 4.69) is 41.3 Å². The summed E-state index contributed by atoms with van der Waals surface area (Å²) >= 11 is 0. The van der Waals surface area contributed by atoms with E-state index in [9.17, 15) is 19.5 Å². The number of hydrogen-bond acceptors (Lipinski definition) is 10. The number of phenols is 2. The van der Waals surface area contributed by atoms with Gasteiger partial charge in [0.1, 0.15) is 12.1 Å². The molecule has 1 saturated heterocycles. The summed E-state index contributed by atoms with van der Waals surface area (Å²) in [6.45, 7) is 3.34. The van der Waals surface area contributed by atoms with Gasteiger partial charge in [0.05, 0.1) is 32.0 Å². The predicted octanol–water partition coefficient (Wildman–Crippen LogP) is 4.27. The molecule has 0 radical (unpaired) electrons. The summed E-state index contributed by atoms with van der Waals surface area (Å²) in [6, 6.07) is 20.6. The highest BCUT2D eigenvalue weighted by atomic mass is 16.5. The molecule has 1 saturated carbocycles. The summed E-state index contributed by atoms with van der Waals surface area (Å²) in [6.07, 6.45) is 5.19. The zero-order valence-electron chi connectivity index (χ0n) is 27.8. The highest BCUT2D eigenvalue weighted by molar-refractivity contribution is 5.87. The molecule has 7 N–H and O–H groups in total. The van der Waals surface area contributed by atoms with Crippen LogP contribution in [0.5, 0.6) is 11.5 Å². The van der Waals surface area contributed by atoms with E-state index in [-0.39, 0.29) is 41.6 Å². The average Bonchev–Trinajstić information content (AvgIpc) is 3.44. The van der Waals surface area contributed by atoms with Gasteiger partial charge in [-0.1, -0.05) is 72.8 Å². The van der Waals surface area contributed by atoms with Crippen LogP contribution in [-0.4, -0.2) is 92.6 Å². The Morgan fingerprint density at radius 2 is 1.58 bits per heavy atom. The molecule has 50 heavy (non-hydrogen) atoms. The zero-order chi connectivity index (χ0) is 36.0. The van der Waals surface area contributed by atoms with E-state index in [4.69, 9.17) is 35.6 Å². The maximum atomic E-state index is 13.1. The highest BCUT2D eigenvalue weighted by Gasteiger charge is 2.45. The van der Waals surface area contributed by atoms with Crippen LogP contribution in [0, 0.1) is 5.92 Å². The Kier molecular flexibility index (Phi) is 14.5. The fraction of sp³-hybridized carbons (Fsp3) is 0.395. The second-order valence-electron chi connectivity index (χ2n) is 12.4. The topological polar surface area (TPSA) is 200 Å². The van der Waals surface area contributed by atoms with Gasteiger partial charge in [0.25, 0.3) is 0 Å². The first-order valence-corrected chi connectivity index (χ1v) is 16.7. The molecule has 12 heteroatoms. The van der Waals surface area contributed by atoms with E-state index in [1.54, 1.807) is 0 Å². The van der Waals surface area contributed by atoms with Gasteiger partial charge in [-0.2, -0.15) is 0 Å². The van der Waals surface area contributed by atoms with Crippen LogP contribution in [-0.2, 0) is 30.5 Å². The molecule has 3 aromatic rings. The van der Waals surface area contributed by atoms with Gasteiger partial charge in [-0.05, 0) is 53.6 Å². The lowest BCUT2D eigenvalue weighted by molar-refractivity contribution is -0.141. The van der Waals surface area contributed by atoms with E-state index >= 15 is 0 Å². The van der Waals surface area contributed by atoms with Crippen LogP contribution in [0.1, 0.15) is 49.3 Å². The quantitative estimate of drug-likeness (QED) is 0.104. The first-order chi connectivity index (χ1) is 24.0. The van der Waals surface area contributed by atoms with Gasteiger partial charge < -0.3 is 40.7 Å². The van der Waals surface area contributed by atoms with Crippen molar-refractivity contribution in [3.05, 3.63) is 96.1 Å². The fourth-order valence-electron chi connectivity index (χ4n) is 6.19. The minimum Gasteiger partial charge on any atom is -0.504 e. The SMILES string of the molecule is N[C@H](C(=O)O)[C@H](O)c1ccc(O)c(O)c1.O=C(O)CC/C=C\CC[C@H]1[C@H](N2CCOCC2)C(=O)C[C@H]1OCc1ccc(-c2ccccc2)cc1. The third-order valence-electron chi connectivity index (χ3n) is 8.90. The third kappa shape index (κ3) is 11.0. The number of benzene rings is 3. The maximum Gasteiger partial charge on any atom is 0.323 e. The molecule has 1 heterocycles. The molecule has 2 aliphatic rings. The Hall–Kier alpha value is -4.59. The number of ketones is 1. The summed E-state index contributed by atoms with van der Waals surface area (Å²) in [7, 11) is 0. The fourth-order valence-corrected chi connectivity index (χ4v) is 6.19. The smallest absolute Gasteiger partial charge is 0.323 e. The number of carbonyl (C=O) groups is 3. The number of nitrogens with two attached hydrogens (primary N) is 1. The standard InChI is InChI=1S/C29H35NO5.C9H11NO5/c31-26-20-27(35-21-22-12-14-24(15-13-22)23-8-4-3-5-9-23)25(10-6-1-2-7-11-28(32)33)29(26)30-16-18-34-19-17-30;10-7(9(14)15)8(13)4-1-2-5(11)6(12)3-4/h1-5,8-9,12-15,25,27,29H,6-7,10-11,16-21H2,(H,32,33);1-3,7-8,11-13H,10H2,(H,14,15)/b2-1-;/t25-,27-,29+;7-,8+/m10/s1. The van der Waals surface area contributed by atoms with Crippen molar-refractivity contribution in [1.82, 2.24) is 4.90 Å². The van der Waals surface area contributed by atoms with Crippen molar-refractivity contribution in [1.29, 1.82) is 0 Å². The van der Waals surface area contributed by atoms with Gasteiger partial charge in [-0.15, -0.1) is 0 Å². The normalized spacial score (nSPS) is 20.6. The minimum absolute atomic E-state index is 0.114. The minimum atomic E-state index is -1.48. The Morgan fingerprint density at radius 1 is 0.920 bits per heavy atom. The van der Waals surface area contributed by atoms with Crippen molar-refractivity contribution in [2.24, 2.45) is 11.7 Å². The van der Waals surface area contributed by atoms with Crippen molar-refractivity contribution in [3.8, 4) is 22.6 Å². The van der Waals surface area contributed by atoms with E-state index in [1.807, 2.05) is 30.4 Å². The predicted molar refractivity (Wildman–Crippen MR) is 185 cm³/mol. The van der Waals surface area contributed by atoms with E-state index in [0.717, 1.165) is 43.6 Å². The molecule has 5 rings (SSSR count). The molecule has 0 bridgehead atoms. The lowest BCUT2D eigenvalue weighted by atomic mass is 9.93. The van der Waals surface area contributed by atoms with Gasteiger partial charge in [-0.3, -0.25) is 19.3 Å². The van der Waals surface area contributed by atoms with Crippen LogP contribution in [0.25, 0.3) is 11.1 Å². The van der Waals surface area contributed by atoms with Crippen molar-refractivity contribution in [3.63, 3.8) is 0 Å². The number of rotatable bonds is 14. The van der Waals surface area contributed by atoms with Crippen LogP contribution in [0.3, 0.4) is 0 Å². The monoisotopic (exact) mass is 690 g/mol. The number of carboxylic acids is 2. The molecule has 0 amide bonds. The number of aliphatic hydroxyl groups is 1. The number of allylic oxidation sites excluding steroid dienone is 2. The van der Waals surface area contributed by atoms with Gasteiger partial charge in [0.2, 0.25) is 0 Å². The molecular weight excluding hydrogens is 644 g/mol. The van der Waals surface area contributed by atoms with Gasteiger partial charge in [-0.25, -0.2) is 0 Å². The van der Waals surface area contributed by atoms with Crippen LogP contribution < -0.4 is 5.73 Å². The Bertz CT molecular complexity index is 1570. The lowest BCUT2D eigenvalue weighted by Crippen LogP contribution is -2.49. The number of phenolic OH excluding ortho intramolecular Hbond substituents is 2. The summed E-state index contributed by atoms with van der Waals surface area (Å²) in [5.41, 5.74) is 8.77. The largest absolute Gasteiger partial charge is 0.504 e. The maximum absolute atomic E-state index is 13.1. The number of hydrogen-bond donors (Lipinski definition) is 6. The first-order valence-electron chi connectivity index (χ1n) is 16.7. The second-order valence-corrected chi connectivity index (χ2v) is 12.4. The van der Waals surface area contributed by atoms with Gasteiger partial charge >= 0.3 is 11.9 Å². The third-order valence-corrected chi connectivity index (χ3v) is 8.90. The molecular formula is C38H46N2O10. The number of aliphatic hydroxyl groups excluding tert-OH is 1. The molecule has 2 fully saturated rings. The Labute approximate surface area is 291 Å². The number of nitrogens with zero attached hydrogens (tertiary/aromatic N) is 1. The lowest BCUT2D eigenvalue weighted by Gasteiger charge is -2.35. The Balaban J connectivity index is 0.000000314. The van der Waals surface area contributed by atoms with Crippen molar-refractivity contribution >= 4 is 17.7 Å². The van der Waals surface area contributed by atoms with Crippen LogP contribution in [0.2, 0.25) is 0 Å². The number of morpholine rings is 1. The molecule has 12 nitrogen and oxygen atoms in total. The van der Waals surface area contributed by atoms with Gasteiger partial charge in [0.15, 0.2) is 17.3 Å². The number of carboxylic acid groups (broad SMARTS) is 2. The van der Waals surface area contributed by atoms with Gasteiger partial charge in [0, 0.05) is 31.8 Å². The van der Waals surface area contributed by atoms with Crippen molar-refractivity contribution < 1.29 is 49.4 Å². The second kappa shape index (κ2) is 19.0. The molecule has 1 aliphatic heterocycles. The summed E-state index contributed by atoms with van der Waals surface area (Å²) in [5, 5.41) is 44.9. The van der Waals surface area contributed by atoms with E-state index in [0.29, 0.717) is 32.7 Å². The van der Waals surface area contributed by atoms with Crippen LogP contribution in [0.4, 0.5) is 0 Å². The molecule has 3 aromatic carbocycles. The molecule has 0 unspecified atom stereocenters. The molecule has 5 atom stereocenters. The number of aliphatic carboxylic acids is 2. The van der Waals surface area contributed by atoms with E-state index < -0.39 is 29.8 Å². The number of aromatic hydroxyl groups is 2. The van der Waals surface area contributed by atoms with Crippen LogP contribution in [0.15, 0.2) is 84.9 Å². The van der Waals surface area contributed by atoms with E-state index in [1.165, 1.54) is 17.2 Å². The molecule has 0 spiro atoms. The van der Waals surface area contributed by atoms with Crippen molar-refractivity contribution in [2.45, 2.75) is 63.0 Å². The zero-order valence-corrected chi connectivity index (χ0v) is 27.8. The summed E-state index contributed by atoms with van der Waals surface area (Å²) in [4.78, 5) is 36.5. The number of ether oxygens (including phenoxy) is 2. The molecule has 0 aromatic heterocycles. The number of Topliss-reactive ketones (excluding diaryl/α,β-unsaturated/α-hetero) is 1. The number of carbonyl (C=O) groups excluding carboxylic acids is 1. The van der Waals surface area contributed by atoms with Crippen molar-refractivity contribution in [2.75, 3.05) is 26.3 Å².